The molecule has 0 spiro atoms. The molecule has 0 radical (unpaired) electrons. The first-order chi connectivity index (χ1) is 5.02. The molecule has 0 amide bonds. The van der Waals surface area contributed by atoms with E-state index in [1.54, 1.807) is 0 Å². The van der Waals surface area contributed by atoms with E-state index in [2.05, 4.69) is 0 Å². The molecule has 3 heteroatoms. The lowest BCUT2D eigenvalue weighted by molar-refractivity contribution is 0.434. The van der Waals surface area contributed by atoms with Crippen LogP contribution in [0.1, 0.15) is 25.7 Å². The molecule has 0 aromatic heterocycles. The molecule has 66 valence electrons. The molecule has 0 saturated heterocycles. The van der Waals surface area contributed by atoms with Gasteiger partial charge in [-0.1, -0.05) is 12.8 Å². The molecular formula is C8H18NOP. The Hall–Kier alpha value is 0.190. The molecule has 1 fully saturated rings. The van der Waals surface area contributed by atoms with Crippen molar-refractivity contribution < 1.29 is 4.57 Å². The van der Waals surface area contributed by atoms with E-state index in [1.807, 2.05) is 13.3 Å². The summed E-state index contributed by atoms with van der Waals surface area (Å²) in [5, 5.41) is 0. The fraction of sp³-hybridized carbons (Fsp3) is 1.00. The predicted octanol–water partition coefficient (Wildman–Crippen LogP) is 1.88. The van der Waals surface area contributed by atoms with Gasteiger partial charge in [0, 0.05) is 11.7 Å². The first kappa shape index (κ1) is 9.28. The fourth-order valence-electron chi connectivity index (χ4n) is 1.91. The van der Waals surface area contributed by atoms with Crippen molar-refractivity contribution in [3.8, 4) is 0 Å². The summed E-state index contributed by atoms with van der Waals surface area (Å²) >= 11 is 0. The molecule has 0 aromatic carbocycles. The molecular weight excluding hydrogens is 157 g/mol. The lowest BCUT2D eigenvalue weighted by Gasteiger charge is -2.31. The van der Waals surface area contributed by atoms with Crippen LogP contribution in [0.25, 0.3) is 0 Å². The molecule has 1 saturated carbocycles. The van der Waals surface area contributed by atoms with Crippen molar-refractivity contribution in [2.75, 3.05) is 13.3 Å². The average Bonchev–Trinajstić information content (AvgIpc) is 1.86. The smallest absolute Gasteiger partial charge is 0.0863 e. The van der Waals surface area contributed by atoms with E-state index in [1.165, 1.54) is 12.8 Å². The van der Waals surface area contributed by atoms with Crippen molar-refractivity contribution in [1.29, 1.82) is 0 Å². The molecule has 0 aromatic rings. The Bertz CT molecular complexity index is 175. The number of rotatable bonds is 1. The van der Waals surface area contributed by atoms with E-state index in [0.717, 1.165) is 12.8 Å². The van der Waals surface area contributed by atoms with Crippen molar-refractivity contribution in [3.63, 3.8) is 0 Å². The van der Waals surface area contributed by atoms with Crippen LogP contribution in [0.15, 0.2) is 0 Å². The summed E-state index contributed by atoms with van der Waals surface area (Å²) in [4.78, 5) is 0. The highest BCUT2D eigenvalue weighted by Crippen LogP contribution is 2.48. The summed E-state index contributed by atoms with van der Waals surface area (Å²) in [5.41, 5.74) is 6.19. The van der Waals surface area contributed by atoms with E-state index >= 15 is 0 Å². The highest BCUT2D eigenvalue weighted by Gasteiger charge is 2.30. The molecule has 2 atom stereocenters. The molecule has 0 bridgehead atoms. The van der Waals surface area contributed by atoms with Crippen LogP contribution in [-0.2, 0) is 4.57 Å². The van der Waals surface area contributed by atoms with Crippen LogP contribution in [0.5, 0.6) is 0 Å². The van der Waals surface area contributed by atoms with Gasteiger partial charge >= 0.3 is 0 Å². The first-order valence-electron chi connectivity index (χ1n) is 4.32. The number of hydrogen-bond acceptors (Lipinski definition) is 2. The Labute approximate surface area is 68.9 Å². The van der Waals surface area contributed by atoms with Crippen molar-refractivity contribution in [3.05, 3.63) is 0 Å². The Kier molecular flexibility index (Phi) is 2.77. The molecule has 2 nitrogen and oxygen atoms in total. The summed E-state index contributed by atoms with van der Waals surface area (Å²) in [5.74, 6) is 0. The topological polar surface area (TPSA) is 43.1 Å². The monoisotopic (exact) mass is 175 g/mol. The van der Waals surface area contributed by atoms with Crippen LogP contribution >= 0.6 is 7.14 Å². The van der Waals surface area contributed by atoms with Gasteiger partial charge in [0.15, 0.2) is 0 Å². The van der Waals surface area contributed by atoms with Gasteiger partial charge in [-0.2, -0.15) is 0 Å². The zero-order valence-electron chi connectivity index (χ0n) is 7.42. The summed E-state index contributed by atoms with van der Waals surface area (Å²) in [7, 11) is -1.92. The van der Waals surface area contributed by atoms with Gasteiger partial charge in [0.2, 0.25) is 0 Å². The van der Waals surface area contributed by atoms with E-state index in [0.29, 0.717) is 5.66 Å². The summed E-state index contributed by atoms with van der Waals surface area (Å²) < 4.78 is 11.7. The standard InChI is InChI=1S/C8H18NOP/c1-11(2,10)8-6-4-3-5-7(8)9/h7-8H,3-6,9H2,1-2H3. The SMILES string of the molecule is CP(C)(=O)C1CCCCC1N. The second kappa shape index (κ2) is 3.28. The van der Waals surface area contributed by atoms with E-state index in [9.17, 15) is 4.57 Å². The first-order valence-corrected chi connectivity index (χ1v) is 6.99. The summed E-state index contributed by atoms with van der Waals surface area (Å²) in [6.45, 7) is 3.73. The summed E-state index contributed by atoms with van der Waals surface area (Å²) in [6, 6.07) is 0.199. The lowest BCUT2D eigenvalue weighted by atomic mass is 9.96. The van der Waals surface area contributed by atoms with Crippen molar-refractivity contribution >= 4 is 7.14 Å². The molecule has 2 unspecified atom stereocenters. The molecule has 0 aliphatic heterocycles. The molecule has 1 aliphatic rings. The highest BCUT2D eigenvalue weighted by atomic mass is 31.2. The molecule has 2 N–H and O–H groups in total. The van der Waals surface area contributed by atoms with E-state index in [4.69, 9.17) is 5.73 Å². The van der Waals surface area contributed by atoms with Gasteiger partial charge in [-0.25, -0.2) is 0 Å². The van der Waals surface area contributed by atoms with Gasteiger partial charge < -0.3 is 10.3 Å². The zero-order valence-corrected chi connectivity index (χ0v) is 8.31. The predicted molar refractivity (Wildman–Crippen MR) is 49.7 cm³/mol. The van der Waals surface area contributed by atoms with Crippen LogP contribution < -0.4 is 5.73 Å². The minimum atomic E-state index is -1.92. The maximum atomic E-state index is 11.7. The van der Waals surface area contributed by atoms with Gasteiger partial charge in [0.05, 0.1) is 7.14 Å². The third-order valence-electron chi connectivity index (χ3n) is 2.58. The Balaban J connectivity index is 2.62. The van der Waals surface area contributed by atoms with Gasteiger partial charge in [0.25, 0.3) is 0 Å². The van der Waals surface area contributed by atoms with E-state index in [-0.39, 0.29) is 6.04 Å². The van der Waals surface area contributed by atoms with Crippen LogP contribution in [0.2, 0.25) is 0 Å². The lowest BCUT2D eigenvalue weighted by Crippen LogP contribution is -2.36. The largest absolute Gasteiger partial charge is 0.327 e. The second-order valence-electron chi connectivity index (χ2n) is 3.95. The van der Waals surface area contributed by atoms with Gasteiger partial charge in [-0.15, -0.1) is 0 Å². The third kappa shape index (κ3) is 2.31. The second-order valence-corrected chi connectivity index (χ2v) is 7.48. The van der Waals surface area contributed by atoms with Crippen molar-refractivity contribution in [2.24, 2.45) is 5.73 Å². The third-order valence-corrected chi connectivity index (χ3v) is 4.82. The zero-order chi connectivity index (χ0) is 8.48. The number of hydrogen-bond donors (Lipinski definition) is 1. The fourth-order valence-corrected chi connectivity index (χ4v) is 3.79. The van der Waals surface area contributed by atoms with E-state index < -0.39 is 7.14 Å². The summed E-state index contributed by atoms with van der Waals surface area (Å²) in [6.07, 6.45) is 4.57. The maximum Gasteiger partial charge on any atom is 0.0863 e. The van der Waals surface area contributed by atoms with Gasteiger partial charge in [-0.05, 0) is 26.2 Å². The Morgan fingerprint density at radius 3 is 2.18 bits per heavy atom. The van der Waals surface area contributed by atoms with Crippen LogP contribution in [0.4, 0.5) is 0 Å². The van der Waals surface area contributed by atoms with Crippen LogP contribution in [0, 0.1) is 0 Å². The average molecular weight is 175 g/mol. The van der Waals surface area contributed by atoms with Crippen molar-refractivity contribution in [1.82, 2.24) is 0 Å². The molecule has 1 rings (SSSR count). The van der Waals surface area contributed by atoms with Gasteiger partial charge in [0.1, 0.15) is 0 Å². The molecule has 11 heavy (non-hydrogen) atoms. The minimum absolute atomic E-state index is 0.199. The van der Waals surface area contributed by atoms with Gasteiger partial charge in [-0.3, -0.25) is 0 Å². The minimum Gasteiger partial charge on any atom is -0.327 e. The highest BCUT2D eigenvalue weighted by molar-refractivity contribution is 7.63. The number of nitrogens with two attached hydrogens (primary N) is 1. The Morgan fingerprint density at radius 2 is 1.82 bits per heavy atom. The van der Waals surface area contributed by atoms with Crippen LogP contribution in [-0.4, -0.2) is 25.0 Å². The normalized spacial score (nSPS) is 33.7. The molecule has 0 heterocycles. The van der Waals surface area contributed by atoms with Crippen LogP contribution in [0.3, 0.4) is 0 Å². The Morgan fingerprint density at radius 1 is 1.27 bits per heavy atom. The van der Waals surface area contributed by atoms with Crippen molar-refractivity contribution in [2.45, 2.75) is 37.4 Å². The molecule has 1 aliphatic carbocycles. The quantitative estimate of drug-likeness (QED) is 0.618. The maximum absolute atomic E-state index is 11.7.